The van der Waals surface area contributed by atoms with Crippen molar-refractivity contribution >= 4 is 58.4 Å². The third-order valence-corrected chi connectivity index (χ3v) is 8.04. The molecule has 12 heavy (non-hydrogen) atoms. The van der Waals surface area contributed by atoms with Gasteiger partial charge in [0, 0.05) is 10.5 Å². The monoisotopic (exact) mass is 252 g/mol. The average molecular weight is 252 g/mol. The van der Waals surface area contributed by atoms with E-state index in [0.29, 0.717) is 0 Å². The van der Waals surface area contributed by atoms with Crippen LogP contribution < -0.4 is 0 Å². The van der Waals surface area contributed by atoms with Gasteiger partial charge < -0.3 is 0 Å². The van der Waals surface area contributed by atoms with Crippen LogP contribution in [0.15, 0.2) is 8.42 Å². The molecule has 1 aliphatic rings. The maximum absolute atomic E-state index is 5.17. The Labute approximate surface area is 93.8 Å². The van der Waals surface area contributed by atoms with Crippen LogP contribution in [0.4, 0.5) is 0 Å². The number of hydrogen-bond acceptors (Lipinski definition) is 5. The maximum Gasteiger partial charge on any atom is 0.145 e. The SMILES string of the molecule is C[C@@H]1Sc2sc(=S)sc2S[C@H]1C. The Kier molecular flexibility index (Phi) is 2.87. The van der Waals surface area contributed by atoms with Gasteiger partial charge in [-0.2, -0.15) is 0 Å². The number of thioether (sulfide) groups is 2. The van der Waals surface area contributed by atoms with Crippen molar-refractivity contribution in [3.8, 4) is 0 Å². The molecule has 0 aliphatic carbocycles. The number of fused-ring (bicyclic) bond motifs is 1. The third-order valence-electron chi connectivity index (χ3n) is 1.77. The minimum Gasteiger partial charge on any atom is -0.109 e. The Bertz CT molecular complexity index is 305. The van der Waals surface area contributed by atoms with Gasteiger partial charge in [-0.1, -0.05) is 26.1 Å². The second-order valence-electron chi connectivity index (χ2n) is 2.67. The molecule has 0 saturated carbocycles. The first-order chi connectivity index (χ1) is 5.66. The molecule has 0 unspecified atom stereocenters. The summed E-state index contributed by atoms with van der Waals surface area (Å²) < 4.78 is 3.96. The van der Waals surface area contributed by atoms with Crippen LogP contribution in [0.1, 0.15) is 13.8 Å². The Morgan fingerprint density at radius 2 is 1.42 bits per heavy atom. The fourth-order valence-corrected chi connectivity index (χ4v) is 7.66. The minimum atomic E-state index is 0.725. The van der Waals surface area contributed by atoms with Crippen LogP contribution in [0.25, 0.3) is 0 Å². The standard InChI is InChI=1S/C7H8S5/c1-3-4(2)10-6-5(9-3)11-7(8)12-6/h3-4H,1-2H3/t3-,4-/m0/s1. The molecule has 66 valence electrons. The molecule has 2 rings (SSSR count). The van der Waals surface area contributed by atoms with E-state index in [9.17, 15) is 0 Å². The van der Waals surface area contributed by atoms with Crippen LogP contribution in [0.2, 0.25) is 0 Å². The van der Waals surface area contributed by atoms with Crippen molar-refractivity contribution in [1.29, 1.82) is 0 Å². The van der Waals surface area contributed by atoms with Gasteiger partial charge in [-0.05, 0) is 0 Å². The van der Waals surface area contributed by atoms with E-state index in [1.54, 1.807) is 22.7 Å². The van der Waals surface area contributed by atoms with E-state index in [2.05, 4.69) is 13.8 Å². The van der Waals surface area contributed by atoms with E-state index >= 15 is 0 Å². The van der Waals surface area contributed by atoms with Crippen LogP contribution >= 0.6 is 58.4 Å². The van der Waals surface area contributed by atoms with Gasteiger partial charge in [-0.15, -0.1) is 46.2 Å². The van der Waals surface area contributed by atoms with Gasteiger partial charge in [0.1, 0.15) is 3.14 Å². The normalized spacial score (nSPS) is 28.5. The molecule has 1 aromatic heterocycles. The van der Waals surface area contributed by atoms with E-state index in [0.717, 1.165) is 13.6 Å². The largest absolute Gasteiger partial charge is 0.145 e. The van der Waals surface area contributed by atoms with Crippen molar-refractivity contribution in [2.24, 2.45) is 0 Å². The summed E-state index contributed by atoms with van der Waals surface area (Å²) in [5, 5.41) is 1.45. The van der Waals surface area contributed by atoms with Gasteiger partial charge in [0.05, 0.1) is 8.42 Å². The van der Waals surface area contributed by atoms with E-state index in [1.807, 2.05) is 23.5 Å². The smallest absolute Gasteiger partial charge is 0.109 e. The van der Waals surface area contributed by atoms with Crippen LogP contribution in [0, 0.1) is 3.14 Å². The molecule has 0 radical (unpaired) electrons. The fourth-order valence-electron chi connectivity index (χ4n) is 0.929. The van der Waals surface area contributed by atoms with E-state index in [4.69, 9.17) is 12.2 Å². The maximum atomic E-state index is 5.17. The molecular weight excluding hydrogens is 244 g/mol. The summed E-state index contributed by atoms with van der Waals surface area (Å²) in [6.45, 7) is 4.58. The van der Waals surface area contributed by atoms with Crippen molar-refractivity contribution in [3.63, 3.8) is 0 Å². The van der Waals surface area contributed by atoms with E-state index in [1.165, 1.54) is 8.42 Å². The lowest BCUT2D eigenvalue weighted by atomic mass is 10.4. The molecule has 2 heterocycles. The molecule has 0 aromatic carbocycles. The summed E-state index contributed by atoms with van der Waals surface area (Å²) >= 11 is 12.7. The highest BCUT2D eigenvalue weighted by atomic mass is 32.2. The Morgan fingerprint density at radius 3 is 1.83 bits per heavy atom. The zero-order chi connectivity index (χ0) is 8.72. The molecule has 0 fully saturated rings. The lowest BCUT2D eigenvalue weighted by Gasteiger charge is -2.23. The molecule has 1 aromatic rings. The lowest BCUT2D eigenvalue weighted by Crippen LogP contribution is -2.14. The van der Waals surface area contributed by atoms with Gasteiger partial charge in [0.25, 0.3) is 0 Å². The highest BCUT2D eigenvalue weighted by Gasteiger charge is 2.25. The second-order valence-corrected chi connectivity index (χ2v) is 9.19. The third kappa shape index (κ3) is 1.75. The van der Waals surface area contributed by atoms with Crippen molar-refractivity contribution in [3.05, 3.63) is 3.14 Å². The predicted molar refractivity (Wildman–Crippen MR) is 63.7 cm³/mol. The molecule has 2 atom stereocenters. The topological polar surface area (TPSA) is 0 Å². The van der Waals surface area contributed by atoms with Crippen molar-refractivity contribution in [2.45, 2.75) is 32.8 Å². The van der Waals surface area contributed by atoms with Gasteiger partial charge >= 0.3 is 0 Å². The van der Waals surface area contributed by atoms with Crippen LogP contribution in [-0.2, 0) is 0 Å². The first-order valence-electron chi connectivity index (χ1n) is 3.64. The molecule has 1 aliphatic heterocycles. The molecule has 5 heteroatoms. The number of rotatable bonds is 0. The molecule has 0 nitrogen and oxygen atoms in total. The molecule has 0 bridgehead atoms. The summed E-state index contributed by atoms with van der Waals surface area (Å²) in [4.78, 5) is 0. The van der Waals surface area contributed by atoms with Gasteiger partial charge in [0.2, 0.25) is 0 Å². The van der Waals surface area contributed by atoms with Gasteiger partial charge in [-0.3, -0.25) is 0 Å². The average Bonchev–Trinajstić information content (AvgIpc) is 2.30. The second kappa shape index (κ2) is 3.61. The molecule has 0 spiro atoms. The highest BCUT2D eigenvalue weighted by Crippen LogP contribution is 2.50. The van der Waals surface area contributed by atoms with E-state index < -0.39 is 0 Å². The number of hydrogen-bond donors (Lipinski definition) is 0. The van der Waals surface area contributed by atoms with Crippen LogP contribution in [0.3, 0.4) is 0 Å². The lowest BCUT2D eigenvalue weighted by molar-refractivity contribution is 0.918. The zero-order valence-corrected chi connectivity index (χ0v) is 10.8. The van der Waals surface area contributed by atoms with Crippen LogP contribution in [0.5, 0.6) is 0 Å². The summed E-state index contributed by atoms with van der Waals surface area (Å²) in [5.74, 6) is 0. The van der Waals surface area contributed by atoms with Gasteiger partial charge in [-0.25, -0.2) is 0 Å². The molecule has 0 saturated heterocycles. The summed E-state index contributed by atoms with van der Waals surface area (Å²) in [5.41, 5.74) is 0. The summed E-state index contributed by atoms with van der Waals surface area (Å²) in [7, 11) is 0. The molecule has 0 N–H and O–H groups in total. The molecular formula is C7H8S5. The van der Waals surface area contributed by atoms with Crippen molar-refractivity contribution < 1.29 is 0 Å². The zero-order valence-electron chi connectivity index (χ0n) is 6.70. The van der Waals surface area contributed by atoms with Crippen LogP contribution in [-0.4, -0.2) is 10.5 Å². The Morgan fingerprint density at radius 1 is 1.00 bits per heavy atom. The first kappa shape index (κ1) is 9.52. The van der Waals surface area contributed by atoms with Gasteiger partial charge in [0.15, 0.2) is 0 Å². The fraction of sp³-hybridized carbons (Fsp3) is 0.571. The Hall–Kier alpha value is 0.970. The molecule has 0 amide bonds. The summed E-state index contributed by atoms with van der Waals surface area (Å²) in [6, 6.07) is 0. The van der Waals surface area contributed by atoms with Crippen molar-refractivity contribution in [2.75, 3.05) is 0 Å². The minimum absolute atomic E-state index is 0.725. The van der Waals surface area contributed by atoms with Crippen molar-refractivity contribution in [1.82, 2.24) is 0 Å². The summed E-state index contributed by atoms with van der Waals surface area (Å²) in [6.07, 6.45) is 0. The quantitative estimate of drug-likeness (QED) is 0.623. The predicted octanol–water partition coefficient (Wildman–Crippen LogP) is 4.51. The van der Waals surface area contributed by atoms with E-state index in [-0.39, 0.29) is 0 Å². The Balaban J connectivity index is 2.39. The highest BCUT2D eigenvalue weighted by molar-refractivity contribution is 8.09. The first-order valence-corrected chi connectivity index (χ1v) is 7.44.